The summed E-state index contributed by atoms with van der Waals surface area (Å²) in [4.78, 5) is 11.8. The number of nitrogens with one attached hydrogen (secondary N) is 1. The van der Waals surface area contributed by atoms with Gasteiger partial charge < -0.3 is 19.5 Å². The van der Waals surface area contributed by atoms with E-state index in [1.54, 1.807) is 14.2 Å². The lowest BCUT2D eigenvalue weighted by molar-refractivity contribution is -0.121. The maximum atomic E-state index is 11.8. The predicted molar refractivity (Wildman–Crippen MR) is 84.5 cm³/mol. The number of hydrogen-bond donors (Lipinski definition) is 1. The van der Waals surface area contributed by atoms with Crippen molar-refractivity contribution >= 4 is 5.91 Å². The number of carbonyl (C=O) groups is 1. The number of amides is 1. The molecule has 0 spiro atoms. The monoisotopic (exact) mass is 307 g/mol. The lowest BCUT2D eigenvalue weighted by Crippen LogP contribution is -2.26. The Hall–Kier alpha value is -1.75. The Labute approximate surface area is 131 Å². The smallest absolute Gasteiger partial charge is 0.220 e. The quantitative estimate of drug-likeness (QED) is 0.801. The number of carbonyl (C=O) groups excluding carboxylic acids is 1. The van der Waals surface area contributed by atoms with Crippen molar-refractivity contribution in [3.63, 3.8) is 0 Å². The molecule has 1 amide bonds. The third kappa shape index (κ3) is 4.91. The minimum Gasteiger partial charge on any atom is -0.497 e. The number of rotatable bonds is 8. The summed E-state index contributed by atoms with van der Waals surface area (Å²) in [6, 6.07) is 5.69. The second-order valence-corrected chi connectivity index (χ2v) is 5.45. The van der Waals surface area contributed by atoms with Gasteiger partial charge in [0.15, 0.2) is 0 Å². The van der Waals surface area contributed by atoms with Gasteiger partial charge in [0.25, 0.3) is 0 Å². The molecule has 22 heavy (non-hydrogen) atoms. The first-order valence-corrected chi connectivity index (χ1v) is 7.82. The minimum atomic E-state index is 0.0809. The zero-order valence-electron chi connectivity index (χ0n) is 13.4. The highest BCUT2D eigenvalue weighted by Crippen LogP contribution is 2.24. The van der Waals surface area contributed by atoms with Gasteiger partial charge in [-0.05, 0) is 49.4 Å². The van der Waals surface area contributed by atoms with Crippen LogP contribution in [0, 0.1) is 0 Å². The molecule has 0 radical (unpaired) electrons. The van der Waals surface area contributed by atoms with Crippen LogP contribution in [0.25, 0.3) is 0 Å². The molecular weight excluding hydrogens is 282 g/mol. The summed E-state index contributed by atoms with van der Waals surface area (Å²) in [6.07, 6.45) is 4.51. The molecule has 1 fully saturated rings. The highest BCUT2D eigenvalue weighted by molar-refractivity contribution is 5.75. The molecule has 1 heterocycles. The van der Waals surface area contributed by atoms with Gasteiger partial charge >= 0.3 is 0 Å². The molecule has 2 rings (SSSR count). The molecule has 1 aliphatic heterocycles. The molecule has 0 bridgehead atoms. The van der Waals surface area contributed by atoms with Gasteiger partial charge in [-0.2, -0.15) is 0 Å². The molecule has 1 atom stereocenters. The summed E-state index contributed by atoms with van der Waals surface area (Å²) in [5, 5.41) is 2.95. The van der Waals surface area contributed by atoms with Crippen molar-refractivity contribution < 1.29 is 19.0 Å². The zero-order valence-corrected chi connectivity index (χ0v) is 13.4. The zero-order chi connectivity index (χ0) is 15.8. The van der Waals surface area contributed by atoms with E-state index >= 15 is 0 Å². The average Bonchev–Trinajstić information content (AvgIpc) is 3.06. The van der Waals surface area contributed by atoms with E-state index in [0.29, 0.717) is 19.4 Å². The summed E-state index contributed by atoms with van der Waals surface area (Å²) in [6.45, 7) is 1.43. The minimum absolute atomic E-state index is 0.0809. The molecule has 0 saturated carbocycles. The molecule has 5 heteroatoms. The lowest BCUT2D eigenvalue weighted by atomic mass is 10.1. The van der Waals surface area contributed by atoms with Crippen molar-refractivity contribution in [3.05, 3.63) is 23.8 Å². The maximum Gasteiger partial charge on any atom is 0.220 e. The molecular formula is C17H25NO4. The van der Waals surface area contributed by atoms with Gasteiger partial charge in [0.1, 0.15) is 11.5 Å². The molecule has 122 valence electrons. The second-order valence-electron chi connectivity index (χ2n) is 5.45. The van der Waals surface area contributed by atoms with E-state index in [1.165, 1.54) is 0 Å². The number of hydrogen-bond acceptors (Lipinski definition) is 4. The summed E-state index contributed by atoms with van der Waals surface area (Å²) in [5.74, 6) is 1.69. The van der Waals surface area contributed by atoms with E-state index in [2.05, 4.69) is 5.32 Å². The van der Waals surface area contributed by atoms with Crippen molar-refractivity contribution in [1.82, 2.24) is 5.32 Å². The normalized spacial score (nSPS) is 17.3. The Morgan fingerprint density at radius 3 is 2.91 bits per heavy atom. The Balaban J connectivity index is 1.74. The van der Waals surface area contributed by atoms with Crippen LogP contribution in [-0.4, -0.2) is 39.4 Å². The fraction of sp³-hybridized carbons (Fsp3) is 0.588. The molecule has 1 aromatic rings. The summed E-state index contributed by atoms with van der Waals surface area (Å²) >= 11 is 0. The highest BCUT2D eigenvalue weighted by atomic mass is 16.5. The first kappa shape index (κ1) is 16.6. The van der Waals surface area contributed by atoms with Crippen molar-refractivity contribution in [3.8, 4) is 11.5 Å². The van der Waals surface area contributed by atoms with Crippen LogP contribution >= 0.6 is 0 Å². The molecule has 1 aliphatic rings. The van der Waals surface area contributed by atoms with Gasteiger partial charge in [-0.1, -0.05) is 0 Å². The van der Waals surface area contributed by atoms with E-state index in [1.807, 2.05) is 18.2 Å². The van der Waals surface area contributed by atoms with Crippen LogP contribution in [0.4, 0.5) is 0 Å². The number of methoxy groups -OCH3 is 2. The van der Waals surface area contributed by atoms with Gasteiger partial charge in [-0.3, -0.25) is 4.79 Å². The third-order valence-electron chi connectivity index (χ3n) is 3.92. The first-order chi connectivity index (χ1) is 10.7. The molecule has 1 N–H and O–H groups in total. The second kappa shape index (κ2) is 8.63. The van der Waals surface area contributed by atoms with Crippen molar-refractivity contribution in [2.45, 2.75) is 38.2 Å². The molecule has 1 saturated heterocycles. The van der Waals surface area contributed by atoms with E-state index in [-0.39, 0.29) is 12.0 Å². The standard InChI is InChI=1S/C17H25NO4/c1-20-15-5-7-16(21-2)13(12-15)9-10-18-17(19)8-6-14-4-3-11-22-14/h5,7,12,14H,3-4,6,8-11H2,1-2H3,(H,18,19). The predicted octanol–water partition coefficient (Wildman–Crippen LogP) is 2.32. The van der Waals surface area contributed by atoms with E-state index in [0.717, 1.165) is 42.9 Å². The van der Waals surface area contributed by atoms with E-state index in [9.17, 15) is 4.79 Å². The van der Waals surface area contributed by atoms with Gasteiger partial charge in [0.2, 0.25) is 5.91 Å². The first-order valence-electron chi connectivity index (χ1n) is 7.82. The Morgan fingerprint density at radius 1 is 1.36 bits per heavy atom. The van der Waals surface area contributed by atoms with Crippen LogP contribution in [-0.2, 0) is 16.0 Å². The van der Waals surface area contributed by atoms with Crippen LogP contribution in [0.1, 0.15) is 31.2 Å². The fourth-order valence-corrected chi connectivity index (χ4v) is 2.67. The maximum absolute atomic E-state index is 11.8. The summed E-state index contributed by atoms with van der Waals surface area (Å²) in [5.41, 5.74) is 1.03. The van der Waals surface area contributed by atoms with Crippen molar-refractivity contribution in [2.24, 2.45) is 0 Å². The average molecular weight is 307 g/mol. The molecule has 5 nitrogen and oxygen atoms in total. The van der Waals surface area contributed by atoms with E-state index < -0.39 is 0 Å². The van der Waals surface area contributed by atoms with Crippen molar-refractivity contribution in [2.75, 3.05) is 27.4 Å². The van der Waals surface area contributed by atoms with E-state index in [4.69, 9.17) is 14.2 Å². The van der Waals surface area contributed by atoms with Crippen molar-refractivity contribution in [1.29, 1.82) is 0 Å². The fourth-order valence-electron chi connectivity index (χ4n) is 2.67. The SMILES string of the molecule is COc1ccc(OC)c(CCNC(=O)CCC2CCCO2)c1. The van der Waals surface area contributed by atoms with Gasteiger partial charge in [-0.25, -0.2) is 0 Å². The molecule has 0 aliphatic carbocycles. The largest absolute Gasteiger partial charge is 0.497 e. The Morgan fingerprint density at radius 2 is 2.23 bits per heavy atom. The molecule has 1 aromatic carbocycles. The van der Waals surface area contributed by atoms with Gasteiger partial charge in [-0.15, -0.1) is 0 Å². The lowest BCUT2D eigenvalue weighted by Gasteiger charge is -2.12. The Bertz CT molecular complexity index is 484. The molecule has 1 unspecified atom stereocenters. The van der Waals surface area contributed by atoms with Gasteiger partial charge in [0, 0.05) is 19.6 Å². The molecule has 0 aromatic heterocycles. The number of ether oxygens (including phenoxy) is 3. The summed E-state index contributed by atoms with van der Waals surface area (Å²) < 4.78 is 16.1. The summed E-state index contributed by atoms with van der Waals surface area (Å²) in [7, 11) is 3.28. The van der Waals surface area contributed by atoms with Crippen LogP contribution in [0.5, 0.6) is 11.5 Å². The van der Waals surface area contributed by atoms with Crippen LogP contribution in [0.3, 0.4) is 0 Å². The van der Waals surface area contributed by atoms with Crippen LogP contribution < -0.4 is 14.8 Å². The Kier molecular flexibility index (Phi) is 6.52. The van der Waals surface area contributed by atoms with Crippen LogP contribution in [0.2, 0.25) is 0 Å². The van der Waals surface area contributed by atoms with Gasteiger partial charge in [0.05, 0.1) is 20.3 Å². The number of benzene rings is 1. The highest BCUT2D eigenvalue weighted by Gasteiger charge is 2.16. The topological polar surface area (TPSA) is 56.8 Å². The third-order valence-corrected chi connectivity index (χ3v) is 3.92. The van der Waals surface area contributed by atoms with Crippen LogP contribution in [0.15, 0.2) is 18.2 Å².